The molecule has 6 nitrogen and oxygen atoms in total. The first-order valence-corrected chi connectivity index (χ1v) is 12.0. The summed E-state index contributed by atoms with van der Waals surface area (Å²) < 4.78 is 5.41. The van der Waals surface area contributed by atoms with Crippen molar-refractivity contribution in [2.45, 2.75) is 43.0 Å². The maximum absolute atomic E-state index is 13.3. The monoisotopic (exact) mass is 459 g/mol. The Morgan fingerprint density at radius 3 is 2.73 bits per heavy atom. The number of carbonyl (C=O) groups excluding carboxylic acids is 1. The van der Waals surface area contributed by atoms with Crippen molar-refractivity contribution in [2.75, 3.05) is 12.4 Å². The highest BCUT2D eigenvalue weighted by atomic mass is 32.2. The molecule has 33 heavy (non-hydrogen) atoms. The lowest BCUT2D eigenvalue weighted by atomic mass is 9.76. The first-order chi connectivity index (χ1) is 16.0. The number of nitrogens with one attached hydrogen (secondary N) is 2. The number of aromatic amines is 1. The van der Waals surface area contributed by atoms with E-state index < -0.39 is 5.92 Å². The number of aromatic nitrogens is 2. The van der Waals surface area contributed by atoms with Crippen LogP contribution >= 0.6 is 11.8 Å². The number of allylic oxidation sites excluding steroid dienone is 2. The minimum atomic E-state index is -0.466. The molecule has 168 valence electrons. The minimum absolute atomic E-state index is 0.0828. The quantitative estimate of drug-likeness (QED) is 0.415. The summed E-state index contributed by atoms with van der Waals surface area (Å²) in [7, 11) is 1.61. The van der Waals surface area contributed by atoms with Gasteiger partial charge in [0.25, 0.3) is 5.56 Å². The molecule has 0 radical (unpaired) electrons. The molecule has 2 aliphatic rings. The Bertz CT molecular complexity index is 1310. The van der Waals surface area contributed by atoms with Gasteiger partial charge < -0.3 is 15.0 Å². The molecule has 5 rings (SSSR count). The van der Waals surface area contributed by atoms with Crippen LogP contribution in [0.4, 0.5) is 5.82 Å². The molecule has 1 aliphatic carbocycles. The molecule has 1 atom stereocenters. The molecule has 0 fully saturated rings. The van der Waals surface area contributed by atoms with Gasteiger partial charge in [-0.25, -0.2) is 4.98 Å². The zero-order valence-electron chi connectivity index (χ0n) is 18.6. The number of anilines is 1. The number of thioether (sulfide) groups is 1. The molecular weight excluding hydrogens is 434 g/mol. The summed E-state index contributed by atoms with van der Waals surface area (Å²) >= 11 is 1.49. The van der Waals surface area contributed by atoms with E-state index >= 15 is 0 Å². The molecular formula is C26H25N3O3S. The number of Topliss-reactive ketones (excluding diaryl/α,β-unsaturated/α-hetero) is 1. The maximum atomic E-state index is 13.3. The van der Waals surface area contributed by atoms with Crippen LogP contribution in [0.25, 0.3) is 0 Å². The largest absolute Gasteiger partial charge is 0.497 e. The summed E-state index contributed by atoms with van der Waals surface area (Å²) in [5.74, 6) is 1.54. The van der Waals surface area contributed by atoms with Crippen LogP contribution in [0.2, 0.25) is 0 Å². The third-order valence-corrected chi connectivity index (χ3v) is 7.10. The number of carbonyl (C=O) groups is 1. The maximum Gasteiger partial charge on any atom is 0.257 e. The fourth-order valence-corrected chi connectivity index (χ4v) is 5.32. The Morgan fingerprint density at radius 2 is 1.94 bits per heavy atom. The van der Waals surface area contributed by atoms with Crippen molar-refractivity contribution in [1.29, 1.82) is 0 Å². The van der Waals surface area contributed by atoms with Crippen molar-refractivity contribution >= 4 is 23.4 Å². The number of hydrogen-bond donors (Lipinski definition) is 2. The summed E-state index contributed by atoms with van der Waals surface area (Å²) in [5.41, 5.74) is 5.04. The van der Waals surface area contributed by atoms with Crippen LogP contribution < -0.4 is 15.6 Å². The molecule has 0 amide bonds. The number of aryl methyl sites for hydroxylation is 1. The van der Waals surface area contributed by atoms with Gasteiger partial charge in [0, 0.05) is 29.4 Å². The number of rotatable bonds is 5. The summed E-state index contributed by atoms with van der Waals surface area (Å²) in [6, 6.07) is 15.9. The molecule has 1 aromatic heterocycles. The molecule has 2 aromatic carbocycles. The fraction of sp³-hybridized carbons (Fsp3) is 0.269. The fourth-order valence-electron chi connectivity index (χ4n) is 4.50. The standard InChI is InChI=1S/C26H25N3O3S/c1-15-9-11-16(12-10-15)14-33-26-28-24-23(25(31)29-26)21(17-5-3-6-18(13-17)32-2)22-19(27-24)7-4-8-20(22)30/h3,5-6,9-13,21H,4,7-8,14H2,1-2H3,(H2,27,28,29,31). The lowest BCUT2D eigenvalue weighted by Gasteiger charge is -2.32. The predicted octanol–water partition coefficient (Wildman–Crippen LogP) is 4.94. The van der Waals surface area contributed by atoms with Gasteiger partial charge in [0.2, 0.25) is 0 Å². The number of ether oxygens (including phenoxy) is 1. The average Bonchev–Trinajstić information content (AvgIpc) is 2.82. The van der Waals surface area contributed by atoms with Crippen molar-refractivity contribution in [3.63, 3.8) is 0 Å². The number of ketones is 1. The SMILES string of the molecule is COc1cccc(C2C3=C(CCCC3=O)Nc3nc(SCc4ccc(C)cc4)[nH]c(=O)c32)c1. The van der Waals surface area contributed by atoms with Gasteiger partial charge in [-0.1, -0.05) is 53.7 Å². The summed E-state index contributed by atoms with van der Waals surface area (Å²) in [4.78, 5) is 34.0. The Hall–Kier alpha value is -3.32. The Morgan fingerprint density at radius 1 is 1.12 bits per heavy atom. The second-order valence-electron chi connectivity index (χ2n) is 8.41. The van der Waals surface area contributed by atoms with E-state index in [-0.39, 0.29) is 11.3 Å². The van der Waals surface area contributed by atoms with E-state index in [4.69, 9.17) is 9.72 Å². The van der Waals surface area contributed by atoms with E-state index in [0.29, 0.717) is 40.0 Å². The third-order valence-electron chi connectivity index (χ3n) is 6.16. The highest BCUT2D eigenvalue weighted by Crippen LogP contribution is 2.44. The number of nitrogens with zero attached hydrogens (tertiary/aromatic N) is 1. The van der Waals surface area contributed by atoms with Crippen LogP contribution in [0.5, 0.6) is 5.75 Å². The number of hydrogen-bond acceptors (Lipinski definition) is 6. The lowest BCUT2D eigenvalue weighted by Crippen LogP contribution is -2.32. The van der Waals surface area contributed by atoms with Gasteiger partial charge in [-0.05, 0) is 43.0 Å². The zero-order valence-corrected chi connectivity index (χ0v) is 19.4. The molecule has 0 saturated carbocycles. The van der Waals surface area contributed by atoms with Crippen LogP contribution in [0.15, 0.2) is 69.8 Å². The molecule has 1 unspecified atom stereocenters. The Labute approximate surface area is 196 Å². The highest BCUT2D eigenvalue weighted by Gasteiger charge is 2.38. The van der Waals surface area contributed by atoms with E-state index in [1.165, 1.54) is 17.3 Å². The van der Waals surface area contributed by atoms with E-state index in [1.807, 2.05) is 24.3 Å². The van der Waals surface area contributed by atoms with Crippen LogP contribution in [-0.4, -0.2) is 22.9 Å². The summed E-state index contributed by atoms with van der Waals surface area (Å²) in [6.07, 6.45) is 2.05. The van der Waals surface area contributed by atoms with Gasteiger partial charge in [-0.2, -0.15) is 0 Å². The molecule has 7 heteroatoms. The van der Waals surface area contributed by atoms with E-state index in [2.05, 4.69) is 41.5 Å². The molecule has 3 aromatic rings. The molecule has 2 N–H and O–H groups in total. The van der Waals surface area contributed by atoms with Gasteiger partial charge in [-0.15, -0.1) is 0 Å². The topological polar surface area (TPSA) is 84.1 Å². The van der Waals surface area contributed by atoms with Crippen molar-refractivity contribution in [3.05, 3.63) is 92.4 Å². The first-order valence-electron chi connectivity index (χ1n) is 11.0. The summed E-state index contributed by atoms with van der Waals surface area (Å²) in [6.45, 7) is 2.06. The van der Waals surface area contributed by atoms with E-state index in [1.54, 1.807) is 7.11 Å². The minimum Gasteiger partial charge on any atom is -0.497 e. The predicted molar refractivity (Wildman–Crippen MR) is 130 cm³/mol. The van der Waals surface area contributed by atoms with Crippen molar-refractivity contribution in [2.24, 2.45) is 0 Å². The van der Waals surface area contributed by atoms with Crippen LogP contribution in [-0.2, 0) is 10.5 Å². The second-order valence-corrected chi connectivity index (χ2v) is 9.38. The van der Waals surface area contributed by atoms with Crippen molar-refractivity contribution in [1.82, 2.24) is 9.97 Å². The van der Waals surface area contributed by atoms with Crippen LogP contribution in [0.3, 0.4) is 0 Å². The molecule has 2 heterocycles. The number of benzene rings is 2. The van der Waals surface area contributed by atoms with Crippen LogP contribution in [0.1, 0.15) is 47.4 Å². The molecule has 0 saturated heterocycles. The number of methoxy groups -OCH3 is 1. The van der Waals surface area contributed by atoms with Crippen molar-refractivity contribution in [3.8, 4) is 5.75 Å². The van der Waals surface area contributed by atoms with Crippen LogP contribution in [0, 0.1) is 6.92 Å². The van der Waals surface area contributed by atoms with Gasteiger partial charge in [0.1, 0.15) is 11.6 Å². The first kappa shape index (κ1) is 21.5. The molecule has 1 aliphatic heterocycles. The van der Waals surface area contributed by atoms with Gasteiger partial charge >= 0.3 is 0 Å². The van der Waals surface area contributed by atoms with E-state index in [9.17, 15) is 9.59 Å². The zero-order chi connectivity index (χ0) is 22.9. The summed E-state index contributed by atoms with van der Waals surface area (Å²) in [5, 5.41) is 3.89. The van der Waals surface area contributed by atoms with Gasteiger partial charge in [0.15, 0.2) is 10.9 Å². The lowest BCUT2D eigenvalue weighted by molar-refractivity contribution is -0.116. The molecule has 0 bridgehead atoms. The van der Waals surface area contributed by atoms with E-state index in [0.717, 1.165) is 29.7 Å². The third kappa shape index (κ3) is 4.20. The second kappa shape index (κ2) is 8.90. The average molecular weight is 460 g/mol. The van der Waals surface area contributed by atoms with Gasteiger partial charge in [0.05, 0.1) is 12.7 Å². The Balaban J connectivity index is 1.56. The molecule has 0 spiro atoms. The normalized spacial score (nSPS) is 17.3. The smallest absolute Gasteiger partial charge is 0.257 e. The van der Waals surface area contributed by atoms with Crippen molar-refractivity contribution < 1.29 is 9.53 Å². The van der Waals surface area contributed by atoms with Gasteiger partial charge in [-0.3, -0.25) is 9.59 Å². The number of fused-ring (bicyclic) bond motifs is 1. The number of H-pyrrole nitrogens is 1. The Kier molecular flexibility index (Phi) is 5.81. The highest BCUT2D eigenvalue weighted by molar-refractivity contribution is 7.98.